The number of rotatable bonds is 2. The maximum absolute atomic E-state index is 10.3. The smallest absolute Gasteiger partial charge is 0.317 e. The third-order valence-corrected chi connectivity index (χ3v) is 1.71. The Hall–Kier alpha value is -2.08. The quantitative estimate of drug-likeness (QED) is 0.700. The second-order valence-corrected chi connectivity index (χ2v) is 2.83. The van der Waals surface area contributed by atoms with Gasteiger partial charge in [-0.3, -0.25) is 9.59 Å². The van der Waals surface area contributed by atoms with Crippen LogP contribution in [0.4, 0.5) is 0 Å². The number of carboxylic acids is 1. The van der Waals surface area contributed by atoms with E-state index in [0.717, 1.165) is 6.29 Å². The van der Waals surface area contributed by atoms with Gasteiger partial charge in [-0.15, -0.1) is 0 Å². The number of hydrogen-bond donors (Lipinski definition) is 2. The number of aliphatic carboxylic acids is 1. The van der Waals surface area contributed by atoms with Gasteiger partial charge in [0.25, 0.3) is 0 Å². The summed E-state index contributed by atoms with van der Waals surface area (Å²) in [5, 5.41) is 7.60. The SMILES string of the molecule is NCC(=O)O.O=Cc1ccc2c(c1)OCO2. The molecular weight excluding hydrogens is 214 g/mol. The fourth-order valence-corrected chi connectivity index (χ4v) is 0.986. The summed E-state index contributed by atoms with van der Waals surface area (Å²) in [6, 6.07) is 5.09. The Labute approximate surface area is 91.6 Å². The molecular formula is C10H11NO5. The molecule has 0 saturated carbocycles. The second kappa shape index (κ2) is 5.72. The summed E-state index contributed by atoms with van der Waals surface area (Å²) in [6.45, 7) is -0.0301. The Morgan fingerprint density at radius 2 is 2.06 bits per heavy atom. The lowest BCUT2D eigenvalue weighted by atomic mass is 10.2. The summed E-state index contributed by atoms with van der Waals surface area (Å²) >= 11 is 0. The van der Waals surface area contributed by atoms with Crippen LogP contribution in [0.3, 0.4) is 0 Å². The molecule has 1 aliphatic heterocycles. The highest BCUT2D eigenvalue weighted by Gasteiger charge is 2.12. The van der Waals surface area contributed by atoms with E-state index < -0.39 is 5.97 Å². The highest BCUT2D eigenvalue weighted by Crippen LogP contribution is 2.31. The van der Waals surface area contributed by atoms with Gasteiger partial charge in [-0.25, -0.2) is 0 Å². The van der Waals surface area contributed by atoms with Crippen molar-refractivity contribution < 1.29 is 24.2 Å². The van der Waals surface area contributed by atoms with Crippen LogP contribution in [0.1, 0.15) is 10.4 Å². The van der Waals surface area contributed by atoms with E-state index >= 15 is 0 Å². The maximum Gasteiger partial charge on any atom is 0.317 e. The molecule has 6 nitrogen and oxygen atoms in total. The molecule has 1 heterocycles. The van der Waals surface area contributed by atoms with Gasteiger partial charge >= 0.3 is 5.97 Å². The summed E-state index contributed by atoms with van der Waals surface area (Å²) in [4.78, 5) is 19.6. The van der Waals surface area contributed by atoms with Crippen molar-refractivity contribution in [3.63, 3.8) is 0 Å². The molecule has 0 amide bonds. The number of fused-ring (bicyclic) bond motifs is 1. The van der Waals surface area contributed by atoms with Gasteiger partial charge in [0.15, 0.2) is 11.5 Å². The number of ether oxygens (including phenoxy) is 2. The predicted octanol–water partition coefficient (Wildman–Crippen LogP) is 0.257. The van der Waals surface area contributed by atoms with Gasteiger partial charge in [0, 0.05) is 5.56 Å². The van der Waals surface area contributed by atoms with E-state index in [1.807, 2.05) is 0 Å². The maximum atomic E-state index is 10.3. The monoisotopic (exact) mass is 225 g/mol. The number of carbonyl (C=O) groups excluding carboxylic acids is 1. The van der Waals surface area contributed by atoms with Crippen LogP contribution in [-0.4, -0.2) is 30.7 Å². The van der Waals surface area contributed by atoms with Crippen LogP contribution < -0.4 is 15.2 Å². The van der Waals surface area contributed by atoms with Crippen molar-refractivity contribution in [1.29, 1.82) is 0 Å². The van der Waals surface area contributed by atoms with Crippen molar-refractivity contribution >= 4 is 12.3 Å². The highest BCUT2D eigenvalue weighted by atomic mass is 16.7. The van der Waals surface area contributed by atoms with E-state index in [0.29, 0.717) is 17.1 Å². The Kier molecular flexibility index (Phi) is 4.28. The summed E-state index contributed by atoms with van der Waals surface area (Å²) in [7, 11) is 0. The molecule has 0 radical (unpaired) electrons. The van der Waals surface area contributed by atoms with Crippen LogP contribution in [0, 0.1) is 0 Å². The molecule has 0 aromatic heterocycles. The minimum Gasteiger partial charge on any atom is -0.480 e. The van der Waals surface area contributed by atoms with Gasteiger partial charge < -0.3 is 20.3 Å². The molecule has 1 aromatic rings. The minimum atomic E-state index is -0.968. The lowest BCUT2D eigenvalue weighted by molar-refractivity contribution is -0.135. The van der Waals surface area contributed by atoms with Gasteiger partial charge in [0.05, 0.1) is 6.54 Å². The Balaban J connectivity index is 0.000000221. The van der Waals surface area contributed by atoms with E-state index in [1.54, 1.807) is 18.2 Å². The van der Waals surface area contributed by atoms with E-state index in [9.17, 15) is 9.59 Å². The van der Waals surface area contributed by atoms with Crippen LogP contribution in [0.25, 0.3) is 0 Å². The van der Waals surface area contributed by atoms with E-state index in [4.69, 9.17) is 14.6 Å². The Bertz CT molecular complexity index is 391. The molecule has 0 fully saturated rings. The molecule has 3 N–H and O–H groups in total. The highest BCUT2D eigenvalue weighted by molar-refractivity contribution is 5.76. The van der Waals surface area contributed by atoms with Gasteiger partial charge in [-0.2, -0.15) is 0 Å². The lowest BCUT2D eigenvalue weighted by Crippen LogP contribution is -2.10. The normalized spacial score (nSPS) is 11.3. The zero-order valence-corrected chi connectivity index (χ0v) is 8.38. The zero-order valence-electron chi connectivity index (χ0n) is 8.38. The molecule has 86 valence electrons. The van der Waals surface area contributed by atoms with Crippen molar-refractivity contribution in [1.82, 2.24) is 0 Å². The average Bonchev–Trinajstić information content (AvgIpc) is 2.76. The molecule has 1 aliphatic rings. The summed E-state index contributed by atoms with van der Waals surface area (Å²) in [6.07, 6.45) is 0.780. The first kappa shape index (κ1) is 12.0. The largest absolute Gasteiger partial charge is 0.480 e. The summed E-state index contributed by atoms with van der Waals surface area (Å²) in [5.41, 5.74) is 5.18. The molecule has 0 unspecified atom stereocenters. The number of carboxylic acid groups (broad SMARTS) is 1. The molecule has 2 rings (SSSR count). The molecule has 1 aromatic carbocycles. The molecule has 6 heteroatoms. The van der Waals surface area contributed by atoms with Crippen molar-refractivity contribution in [2.75, 3.05) is 13.3 Å². The average molecular weight is 225 g/mol. The van der Waals surface area contributed by atoms with Crippen LogP contribution in [0.2, 0.25) is 0 Å². The third-order valence-electron chi connectivity index (χ3n) is 1.71. The second-order valence-electron chi connectivity index (χ2n) is 2.83. The zero-order chi connectivity index (χ0) is 12.0. The minimum absolute atomic E-state index is 0.248. The van der Waals surface area contributed by atoms with E-state index in [-0.39, 0.29) is 13.3 Å². The standard InChI is InChI=1S/C8H6O3.C2H5NO2/c9-4-6-1-2-7-8(3-6)11-5-10-7;3-1-2(4)5/h1-4H,5H2;1,3H2,(H,4,5). The fourth-order valence-electron chi connectivity index (χ4n) is 0.986. The Morgan fingerprint density at radius 1 is 1.44 bits per heavy atom. The number of carbonyl (C=O) groups is 2. The van der Waals surface area contributed by atoms with Crippen molar-refractivity contribution in [3.8, 4) is 11.5 Å². The topological polar surface area (TPSA) is 98.9 Å². The van der Waals surface area contributed by atoms with Gasteiger partial charge in [-0.1, -0.05) is 0 Å². The van der Waals surface area contributed by atoms with Crippen molar-refractivity contribution in [3.05, 3.63) is 23.8 Å². The van der Waals surface area contributed by atoms with Gasteiger partial charge in [0.2, 0.25) is 6.79 Å². The molecule has 0 bridgehead atoms. The van der Waals surface area contributed by atoms with Crippen LogP contribution >= 0.6 is 0 Å². The first-order valence-corrected chi connectivity index (χ1v) is 4.44. The number of nitrogens with two attached hydrogens (primary N) is 1. The number of hydrogen-bond acceptors (Lipinski definition) is 5. The first-order chi connectivity index (χ1) is 7.67. The molecule has 0 saturated heterocycles. The fraction of sp³-hybridized carbons (Fsp3) is 0.200. The van der Waals surface area contributed by atoms with Crippen molar-refractivity contribution in [2.24, 2.45) is 5.73 Å². The first-order valence-electron chi connectivity index (χ1n) is 4.44. The molecule has 0 atom stereocenters. The molecule has 0 spiro atoms. The van der Waals surface area contributed by atoms with Crippen molar-refractivity contribution in [2.45, 2.75) is 0 Å². The molecule has 0 aliphatic carbocycles. The van der Waals surface area contributed by atoms with Gasteiger partial charge in [-0.05, 0) is 18.2 Å². The van der Waals surface area contributed by atoms with E-state index in [2.05, 4.69) is 5.73 Å². The summed E-state index contributed by atoms with van der Waals surface area (Å²) in [5.74, 6) is 0.384. The van der Waals surface area contributed by atoms with Gasteiger partial charge in [0.1, 0.15) is 6.29 Å². The lowest BCUT2D eigenvalue weighted by Gasteiger charge is -1.94. The van der Waals surface area contributed by atoms with Crippen LogP contribution in [0.5, 0.6) is 11.5 Å². The summed E-state index contributed by atoms with van der Waals surface area (Å²) < 4.78 is 10.1. The third kappa shape index (κ3) is 3.25. The molecule has 16 heavy (non-hydrogen) atoms. The van der Waals surface area contributed by atoms with E-state index in [1.165, 1.54) is 0 Å². The predicted molar refractivity (Wildman–Crippen MR) is 54.6 cm³/mol. The number of aldehydes is 1. The Morgan fingerprint density at radius 3 is 2.62 bits per heavy atom. The van der Waals surface area contributed by atoms with Crippen LogP contribution in [-0.2, 0) is 4.79 Å². The van der Waals surface area contributed by atoms with Crippen LogP contribution in [0.15, 0.2) is 18.2 Å². The number of benzene rings is 1.